The molecule has 6 nitrogen and oxygen atoms in total. The van der Waals surface area contributed by atoms with Gasteiger partial charge in [-0.15, -0.1) is 0 Å². The van der Waals surface area contributed by atoms with Crippen LogP contribution in [0.1, 0.15) is 41.0 Å². The van der Waals surface area contributed by atoms with Crippen LogP contribution in [0, 0.1) is 12.8 Å². The normalized spacial score (nSPS) is 28.2. The van der Waals surface area contributed by atoms with E-state index in [4.69, 9.17) is 4.74 Å². The maximum Gasteiger partial charge on any atom is 0.266 e. The topological polar surface area (TPSA) is 57.7 Å². The highest BCUT2D eigenvalue weighted by atomic mass is 32.1. The summed E-state index contributed by atoms with van der Waals surface area (Å²) in [5.74, 6) is 0.780. The van der Waals surface area contributed by atoms with Crippen LogP contribution in [0.5, 0.6) is 0 Å². The van der Waals surface area contributed by atoms with Gasteiger partial charge in [0, 0.05) is 52.0 Å². The smallest absolute Gasteiger partial charge is 0.266 e. The summed E-state index contributed by atoms with van der Waals surface area (Å²) in [4.78, 5) is 23.3. The highest BCUT2D eigenvalue weighted by Gasteiger charge is 2.40. The third-order valence-corrected chi connectivity index (χ3v) is 7.08. The molecule has 7 heteroatoms. The number of carbonyl (C=O) groups is 1. The first-order valence-electron chi connectivity index (χ1n) is 9.43. The van der Waals surface area contributed by atoms with Crippen molar-refractivity contribution in [1.29, 1.82) is 0 Å². The molecule has 0 radical (unpaired) electrons. The molecule has 5 heterocycles. The third kappa shape index (κ3) is 3.41. The van der Waals surface area contributed by atoms with E-state index >= 15 is 0 Å². The molecule has 0 aliphatic carbocycles. The Balaban J connectivity index is 1.51. The van der Waals surface area contributed by atoms with Crippen molar-refractivity contribution < 1.29 is 9.53 Å². The zero-order valence-electron chi connectivity index (χ0n) is 15.2. The maximum atomic E-state index is 13.2. The number of aryl methyl sites for hydroxylation is 1. The van der Waals surface area contributed by atoms with Crippen LogP contribution in [0.2, 0.25) is 0 Å². The van der Waals surface area contributed by atoms with Crippen molar-refractivity contribution in [3.8, 4) is 0 Å². The number of hydrogen-bond donors (Lipinski definition) is 1. The minimum absolute atomic E-state index is 0.181. The number of fused-ring (bicyclic) bond motifs is 4. The number of amides is 1. The fourth-order valence-electron chi connectivity index (χ4n) is 4.55. The number of rotatable bonds is 3. The number of piperidine rings is 1. The highest BCUT2D eigenvalue weighted by molar-refractivity contribution is 7.17. The number of thiazole rings is 1. The molecule has 4 fully saturated rings. The summed E-state index contributed by atoms with van der Waals surface area (Å²) < 4.78 is 5.53. The molecule has 0 saturated carbocycles. The summed E-state index contributed by atoms with van der Waals surface area (Å²) in [6, 6.07) is 0.974. The second-order valence-electron chi connectivity index (χ2n) is 7.54. The van der Waals surface area contributed by atoms with Crippen molar-refractivity contribution in [1.82, 2.24) is 14.8 Å². The molecule has 2 atom stereocenters. The van der Waals surface area contributed by atoms with E-state index in [0.29, 0.717) is 18.0 Å². The standard InChI is InChI=1S/C18H28N4O2S/c1-12-16(25-18(19-2)20-12)17(23)22-10-13-3-4-15(22)11-21(9-13)14-5-7-24-8-6-14/h13-15H,3-11H2,1-2H3,(H,19,20)/t13-,15+/m1/s1. The van der Waals surface area contributed by atoms with Crippen LogP contribution < -0.4 is 5.32 Å². The monoisotopic (exact) mass is 364 g/mol. The highest BCUT2D eigenvalue weighted by Crippen LogP contribution is 2.33. The molecule has 2 bridgehead atoms. The first-order chi connectivity index (χ1) is 12.2. The summed E-state index contributed by atoms with van der Waals surface area (Å²) >= 11 is 1.48. The Bertz CT molecular complexity index is 629. The molecule has 0 spiro atoms. The summed E-state index contributed by atoms with van der Waals surface area (Å²) in [6.45, 7) is 6.75. The largest absolute Gasteiger partial charge is 0.381 e. The van der Waals surface area contributed by atoms with Crippen molar-refractivity contribution in [2.75, 3.05) is 45.2 Å². The SMILES string of the molecule is CNc1nc(C)c(C(=O)N2C[C@@H]3CC[C@H]2CN(C2CCOCC2)C3)s1. The molecule has 138 valence electrons. The van der Waals surface area contributed by atoms with Crippen molar-refractivity contribution in [3.05, 3.63) is 10.6 Å². The fourth-order valence-corrected chi connectivity index (χ4v) is 5.42. The number of hydrogen-bond acceptors (Lipinski definition) is 6. The number of ether oxygens (including phenoxy) is 1. The van der Waals surface area contributed by atoms with Gasteiger partial charge in [-0.2, -0.15) is 0 Å². The molecule has 1 aromatic heterocycles. The Labute approximate surface area is 153 Å². The van der Waals surface area contributed by atoms with Gasteiger partial charge in [-0.3, -0.25) is 9.69 Å². The number of nitrogens with one attached hydrogen (secondary N) is 1. The first kappa shape index (κ1) is 17.2. The molecule has 1 N–H and O–H groups in total. The number of anilines is 1. The van der Waals surface area contributed by atoms with E-state index in [1.807, 2.05) is 14.0 Å². The van der Waals surface area contributed by atoms with Crippen molar-refractivity contribution in [3.63, 3.8) is 0 Å². The molecule has 4 saturated heterocycles. The minimum Gasteiger partial charge on any atom is -0.381 e. The lowest BCUT2D eigenvalue weighted by molar-refractivity contribution is 0.0304. The molecule has 5 rings (SSSR count). The molecular formula is C18H28N4O2S. The number of aromatic nitrogens is 1. The summed E-state index contributed by atoms with van der Waals surface area (Å²) in [7, 11) is 1.85. The second-order valence-corrected chi connectivity index (χ2v) is 8.53. The molecule has 0 aromatic carbocycles. The number of carbonyl (C=O) groups excluding carboxylic acids is 1. The van der Waals surface area contributed by atoms with Crippen LogP contribution in [-0.2, 0) is 4.74 Å². The molecular weight excluding hydrogens is 336 g/mol. The van der Waals surface area contributed by atoms with E-state index < -0.39 is 0 Å². The summed E-state index contributed by atoms with van der Waals surface area (Å²) in [6.07, 6.45) is 4.64. The molecule has 25 heavy (non-hydrogen) atoms. The van der Waals surface area contributed by atoms with Gasteiger partial charge >= 0.3 is 0 Å². The average molecular weight is 365 g/mol. The van der Waals surface area contributed by atoms with Gasteiger partial charge in [-0.05, 0) is 38.5 Å². The Morgan fingerprint density at radius 3 is 2.68 bits per heavy atom. The Hall–Kier alpha value is -1.18. The third-order valence-electron chi connectivity index (χ3n) is 5.91. The van der Waals surface area contributed by atoms with Crippen LogP contribution in [0.15, 0.2) is 0 Å². The lowest BCUT2D eigenvalue weighted by atomic mass is 9.95. The van der Waals surface area contributed by atoms with Gasteiger partial charge in [-0.25, -0.2) is 4.98 Å². The van der Waals surface area contributed by atoms with E-state index in [1.54, 1.807) is 0 Å². The van der Waals surface area contributed by atoms with Crippen LogP contribution in [-0.4, -0.2) is 72.7 Å². The van der Waals surface area contributed by atoms with Crippen LogP contribution in [0.3, 0.4) is 0 Å². The van der Waals surface area contributed by atoms with Gasteiger partial charge in [0.25, 0.3) is 5.91 Å². The molecule has 4 aliphatic rings. The Kier molecular flexibility index (Phi) is 4.97. The van der Waals surface area contributed by atoms with E-state index in [0.717, 1.165) is 67.8 Å². The van der Waals surface area contributed by atoms with E-state index in [9.17, 15) is 4.79 Å². The Morgan fingerprint density at radius 1 is 1.16 bits per heavy atom. The van der Waals surface area contributed by atoms with E-state index in [-0.39, 0.29) is 5.91 Å². The zero-order valence-corrected chi connectivity index (χ0v) is 16.0. The molecule has 1 aromatic rings. The first-order valence-corrected chi connectivity index (χ1v) is 10.2. The van der Waals surface area contributed by atoms with Gasteiger partial charge < -0.3 is 15.0 Å². The molecule has 0 unspecified atom stereocenters. The Morgan fingerprint density at radius 2 is 1.96 bits per heavy atom. The predicted octanol–water partition coefficient (Wildman–Crippen LogP) is 2.21. The maximum absolute atomic E-state index is 13.2. The second kappa shape index (κ2) is 7.21. The predicted molar refractivity (Wildman–Crippen MR) is 99.4 cm³/mol. The zero-order chi connectivity index (χ0) is 17.4. The van der Waals surface area contributed by atoms with Crippen molar-refractivity contribution in [2.24, 2.45) is 5.92 Å². The van der Waals surface area contributed by atoms with Crippen LogP contribution in [0.25, 0.3) is 0 Å². The quantitative estimate of drug-likeness (QED) is 0.891. The van der Waals surface area contributed by atoms with Gasteiger partial charge in [0.2, 0.25) is 0 Å². The van der Waals surface area contributed by atoms with Gasteiger partial charge in [0.15, 0.2) is 5.13 Å². The lowest BCUT2D eigenvalue weighted by Gasteiger charge is -2.37. The molecule has 4 aliphatic heterocycles. The van der Waals surface area contributed by atoms with Crippen molar-refractivity contribution >= 4 is 22.4 Å². The summed E-state index contributed by atoms with van der Waals surface area (Å²) in [5, 5.41) is 3.88. The molecule has 1 amide bonds. The van der Waals surface area contributed by atoms with Crippen LogP contribution >= 0.6 is 11.3 Å². The van der Waals surface area contributed by atoms with Crippen LogP contribution in [0.4, 0.5) is 5.13 Å². The van der Waals surface area contributed by atoms with Gasteiger partial charge in [-0.1, -0.05) is 11.3 Å². The van der Waals surface area contributed by atoms with Gasteiger partial charge in [0.05, 0.1) is 5.69 Å². The summed E-state index contributed by atoms with van der Waals surface area (Å²) in [5.41, 5.74) is 0.848. The van der Waals surface area contributed by atoms with E-state index in [1.165, 1.54) is 17.8 Å². The van der Waals surface area contributed by atoms with Crippen molar-refractivity contribution in [2.45, 2.75) is 44.7 Å². The fraction of sp³-hybridized carbons (Fsp3) is 0.778. The lowest BCUT2D eigenvalue weighted by Crippen LogP contribution is -2.48. The number of nitrogens with zero attached hydrogens (tertiary/aromatic N) is 3. The minimum atomic E-state index is 0.181. The van der Waals surface area contributed by atoms with E-state index in [2.05, 4.69) is 20.1 Å². The average Bonchev–Trinajstić information content (AvgIpc) is 2.82. The van der Waals surface area contributed by atoms with Gasteiger partial charge in [0.1, 0.15) is 4.88 Å².